The maximum Gasteiger partial charge on any atom is 0.283 e. The van der Waals surface area contributed by atoms with Gasteiger partial charge in [0.25, 0.3) is 9.04 Å². The van der Waals surface area contributed by atoms with Crippen LogP contribution in [0.5, 0.6) is 0 Å². The van der Waals surface area contributed by atoms with Crippen molar-refractivity contribution in [3.05, 3.63) is 76.2 Å². The molecular formula is C21H25N2O2SSi. The molecule has 1 aromatic heterocycles. The number of thiazole rings is 1. The van der Waals surface area contributed by atoms with Gasteiger partial charge >= 0.3 is 0 Å². The highest BCUT2D eigenvalue weighted by Gasteiger charge is 2.27. The van der Waals surface area contributed by atoms with E-state index < -0.39 is 9.04 Å². The van der Waals surface area contributed by atoms with Crippen LogP contribution in [-0.2, 0) is 27.9 Å². The zero-order chi connectivity index (χ0) is 19.3. The van der Waals surface area contributed by atoms with Crippen molar-refractivity contribution in [2.75, 3.05) is 0 Å². The van der Waals surface area contributed by atoms with Gasteiger partial charge in [0.2, 0.25) is 0 Å². The third kappa shape index (κ3) is 5.12. The molecule has 0 saturated carbocycles. The van der Waals surface area contributed by atoms with Gasteiger partial charge in [-0.1, -0.05) is 75.4 Å². The predicted molar refractivity (Wildman–Crippen MR) is 112 cm³/mol. The summed E-state index contributed by atoms with van der Waals surface area (Å²) in [6.07, 6.45) is 0. The molecule has 3 rings (SSSR count). The normalized spacial score (nSPS) is 11.9. The van der Waals surface area contributed by atoms with Gasteiger partial charge in [-0.25, -0.2) is 10.9 Å². The molecule has 0 spiro atoms. The Kier molecular flexibility index (Phi) is 6.57. The third-order valence-corrected chi connectivity index (χ3v) is 7.27. The molecular weight excluding hydrogens is 372 g/mol. The molecule has 27 heavy (non-hydrogen) atoms. The van der Waals surface area contributed by atoms with E-state index in [9.17, 15) is 0 Å². The molecule has 2 aromatic carbocycles. The molecule has 0 aliphatic carbocycles. The molecule has 1 heterocycles. The van der Waals surface area contributed by atoms with Gasteiger partial charge in [0.05, 0.1) is 12.3 Å². The van der Waals surface area contributed by atoms with Crippen LogP contribution in [0.3, 0.4) is 0 Å². The van der Waals surface area contributed by atoms with Gasteiger partial charge in [-0.05, 0) is 21.4 Å². The number of hydrogen-bond acceptors (Lipinski definition) is 5. The highest BCUT2D eigenvalue weighted by Crippen LogP contribution is 2.21. The number of nitrogens with zero attached hydrogens (tertiary/aromatic N) is 1. The molecule has 0 saturated heterocycles. The fourth-order valence-corrected chi connectivity index (χ4v) is 6.01. The van der Waals surface area contributed by atoms with Crippen LogP contribution in [0, 0.1) is 0 Å². The summed E-state index contributed by atoms with van der Waals surface area (Å²) in [5, 5.41) is 5.40. The van der Waals surface area contributed by atoms with Crippen molar-refractivity contribution in [3.63, 3.8) is 0 Å². The lowest BCUT2D eigenvalue weighted by Gasteiger charge is -2.26. The molecule has 141 valence electrons. The minimum absolute atomic E-state index is 0.0525. The second-order valence-electron chi connectivity index (χ2n) is 7.32. The summed E-state index contributed by atoms with van der Waals surface area (Å²) < 4.78 is 6.50. The SMILES string of the molecule is CC(C)(C)c1ccccc1[Si](OCc1csc(CON)n1)c1ccccc1. The van der Waals surface area contributed by atoms with Crippen molar-refractivity contribution in [1.82, 2.24) is 4.98 Å². The first kappa shape index (κ1) is 19.9. The Hall–Kier alpha value is -1.83. The average Bonchev–Trinajstić information content (AvgIpc) is 3.10. The zero-order valence-corrected chi connectivity index (χ0v) is 17.8. The molecule has 0 aliphatic rings. The summed E-state index contributed by atoms with van der Waals surface area (Å²) >= 11 is 1.54. The molecule has 3 aromatic rings. The van der Waals surface area contributed by atoms with Crippen LogP contribution in [0.4, 0.5) is 0 Å². The quantitative estimate of drug-likeness (QED) is 0.491. The first-order chi connectivity index (χ1) is 13.0. The van der Waals surface area contributed by atoms with Gasteiger partial charge in [-0.2, -0.15) is 0 Å². The van der Waals surface area contributed by atoms with E-state index in [1.807, 2.05) is 11.4 Å². The minimum Gasteiger partial charge on any atom is -0.401 e. The molecule has 6 heteroatoms. The van der Waals surface area contributed by atoms with Crippen LogP contribution in [0.2, 0.25) is 0 Å². The lowest BCUT2D eigenvalue weighted by atomic mass is 9.87. The van der Waals surface area contributed by atoms with Crippen LogP contribution in [0.25, 0.3) is 0 Å². The number of rotatable bonds is 7. The fourth-order valence-electron chi connectivity index (χ4n) is 2.94. The highest BCUT2D eigenvalue weighted by atomic mass is 32.1. The van der Waals surface area contributed by atoms with Gasteiger partial charge in [-0.15, -0.1) is 11.3 Å². The second-order valence-corrected chi connectivity index (χ2v) is 10.3. The van der Waals surface area contributed by atoms with Crippen molar-refractivity contribution < 1.29 is 9.26 Å². The third-order valence-electron chi connectivity index (χ3n) is 4.19. The van der Waals surface area contributed by atoms with Crippen LogP contribution < -0.4 is 16.3 Å². The summed E-state index contributed by atoms with van der Waals surface area (Å²) in [7, 11) is -1.40. The van der Waals surface area contributed by atoms with Gasteiger partial charge in [0, 0.05) is 5.38 Å². The van der Waals surface area contributed by atoms with E-state index in [1.54, 1.807) is 11.3 Å². The molecule has 0 atom stereocenters. The van der Waals surface area contributed by atoms with Crippen molar-refractivity contribution in [3.8, 4) is 0 Å². The molecule has 0 fully saturated rings. The predicted octanol–water partition coefficient (Wildman–Crippen LogP) is 3.15. The van der Waals surface area contributed by atoms with Crippen molar-refractivity contribution in [1.29, 1.82) is 0 Å². The first-order valence-electron chi connectivity index (χ1n) is 8.89. The van der Waals surface area contributed by atoms with E-state index >= 15 is 0 Å². The zero-order valence-electron chi connectivity index (χ0n) is 15.9. The Morgan fingerprint density at radius 3 is 2.41 bits per heavy atom. The van der Waals surface area contributed by atoms with Crippen molar-refractivity contribution >= 4 is 30.8 Å². The number of aromatic nitrogens is 1. The Balaban J connectivity index is 1.91. The fraction of sp³-hybridized carbons (Fsp3) is 0.286. The monoisotopic (exact) mass is 397 g/mol. The standard InChI is InChI=1S/C21H25N2O2SSi/c1-21(2,3)18-11-7-8-12-19(18)27(17-9-5-4-6-10-17)25-13-16-15-26-20(23-16)14-24-22/h4-12,15H,13-14,22H2,1-3H3. The Morgan fingerprint density at radius 2 is 1.70 bits per heavy atom. The Labute approximate surface area is 166 Å². The van der Waals surface area contributed by atoms with E-state index in [0.29, 0.717) is 13.2 Å². The van der Waals surface area contributed by atoms with Crippen LogP contribution in [-0.4, -0.2) is 14.0 Å². The number of benzene rings is 2. The lowest BCUT2D eigenvalue weighted by Crippen LogP contribution is -2.48. The second kappa shape index (κ2) is 8.90. The van der Waals surface area contributed by atoms with Crippen LogP contribution in [0.15, 0.2) is 60.0 Å². The molecule has 0 amide bonds. The summed E-state index contributed by atoms with van der Waals surface area (Å²) in [4.78, 5) is 9.21. The van der Waals surface area contributed by atoms with E-state index in [2.05, 4.69) is 79.1 Å². The Bertz CT molecular complexity index is 862. The van der Waals surface area contributed by atoms with Crippen molar-refractivity contribution in [2.24, 2.45) is 5.90 Å². The van der Waals surface area contributed by atoms with Gasteiger partial charge in [0.15, 0.2) is 0 Å². The number of hydrogen-bond donors (Lipinski definition) is 1. The number of nitrogens with two attached hydrogens (primary N) is 1. The van der Waals surface area contributed by atoms with Crippen molar-refractivity contribution in [2.45, 2.75) is 39.4 Å². The summed E-state index contributed by atoms with van der Waals surface area (Å²) in [6.45, 7) is 7.54. The maximum atomic E-state index is 6.50. The van der Waals surface area contributed by atoms with Gasteiger partial charge < -0.3 is 4.43 Å². The van der Waals surface area contributed by atoms with Crippen LogP contribution in [0.1, 0.15) is 37.0 Å². The largest absolute Gasteiger partial charge is 0.401 e. The van der Waals surface area contributed by atoms with Gasteiger partial charge in [-0.3, -0.25) is 4.84 Å². The van der Waals surface area contributed by atoms with Gasteiger partial charge in [0.1, 0.15) is 11.6 Å². The lowest BCUT2D eigenvalue weighted by molar-refractivity contribution is 0.123. The smallest absolute Gasteiger partial charge is 0.283 e. The van der Waals surface area contributed by atoms with E-state index in [1.165, 1.54) is 15.9 Å². The summed E-state index contributed by atoms with van der Waals surface area (Å²) in [6, 6.07) is 19.1. The van der Waals surface area contributed by atoms with E-state index in [-0.39, 0.29) is 5.41 Å². The molecule has 1 radical (unpaired) electrons. The molecule has 0 unspecified atom stereocenters. The highest BCUT2D eigenvalue weighted by molar-refractivity contribution is 7.09. The van der Waals surface area contributed by atoms with E-state index in [4.69, 9.17) is 10.3 Å². The molecule has 0 bridgehead atoms. The average molecular weight is 398 g/mol. The molecule has 4 nitrogen and oxygen atoms in total. The first-order valence-corrected chi connectivity index (χ1v) is 11.2. The van der Waals surface area contributed by atoms with Crippen LogP contribution >= 0.6 is 11.3 Å². The van der Waals surface area contributed by atoms with E-state index in [0.717, 1.165) is 10.7 Å². The molecule has 0 aliphatic heterocycles. The Morgan fingerprint density at radius 1 is 1.00 bits per heavy atom. The minimum atomic E-state index is -1.40. The maximum absolute atomic E-state index is 6.50. The summed E-state index contributed by atoms with van der Waals surface area (Å²) in [5.41, 5.74) is 2.30. The topological polar surface area (TPSA) is 57.4 Å². The molecule has 2 N–H and O–H groups in total. The summed E-state index contributed by atoms with van der Waals surface area (Å²) in [5.74, 6) is 5.14.